The Morgan fingerprint density at radius 1 is 1.06 bits per heavy atom. The Bertz CT molecular complexity index is 1130. The number of nitrogens with two attached hydrogens (primary N) is 1. The summed E-state index contributed by atoms with van der Waals surface area (Å²) >= 11 is 3.44. The van der Waals surface area contributed by atoms with Crippen molar-refractivity contribution >= 4 is 29.6 Å². The van der Waals surface area contributed by atoms with Crippen LogP contribution < -0.4 is 10.6 Å². The molecule has 0 aromatic heterocycles. The van der Waals surface area contributed by atoms with Gasteiger partial charge in [-0.3, -0.25) is 0 Å². The van der Waals surface area contributed by atoms with Gasteiger partial charge in [-0.05, 0) is 60.9 Å². The number of nitrogens with zero attached hydrogens (tertiary/aromatic N) is 1. The van der Waals surface area contributed by atoms with E-state index < -0.39 is 0 Å². The molecular weight excluding hydrogens is 434 g/mol. The van der Waals surface area contributed by atoms with Crippen LogP contribution in [-0.2, 0) is 4.74 Å². The summed E-state index contributed by atoms with van der Waals surface area (Å²) in [4.78, 5) is 3.89. The molecule has 2 aromatic carbocycles. The number of nitriles is 1. The van der Waals surface area contributed by atoms with E-state index in [1.165, 1.54) is 14.7 Å². The lowest BCUT2D eigenvalue weighted by Gasteiger charge is -2.36. The molecule has 0 radical (unpaired) electrons. The Labute approximate surface area is 198 Å². The first-order valence-corrected chi connectivity index (χ1v) is 13.2. The van der Waals surface area contributed by atoms with Crippen LogP contribution in [-0.4, -0.2) is 32.1 Å². The Morgan fingerprint density at radius 3 is 2.25 bits per heavy atom. The zero-order chi connectivity index (χ0) is 22.7. The van der Waals surface area contributed by atoms with Gasteiger partial charge < -0.3 is 15.4 Å². The normalized spacial score (nSPS) is 21.9. The van der Waals surface area contributed by atoms with Crippen LogP contribution in [0, 0.1) is 11.3 Å². The van der Waals surface area contributed by atoms with Gasteiger partial charge in [0.05, 0.1) is 12.5 Å². The molecule has 0 aliphatic carbocycles. The molecule has 0 fully saturated rings. The molecule has 4 nitrogen and oxygen atoms in total. The monoisotopic (exact) mass is 462 g/mol. The number of hydrogen-bond acceptors (Lipinski definition) is 5. The lowest BCUT2D eigenvalue weighted by atomic mass is 9.80. The van der Waals surface area contributed by atoms with Crippen molar-refractivity contribution < 1.29 is 9.64 Å². The number of nitrogens with one attached hydrogen (secondary N) is 1. The Balaban J connectivity index is 1.82. The molecular formula is C26H28N3OS2+. The van der Waals surface area contributed by atoms with Crippen molar-refractivity contribution in [1.29, 1.82) is 5.26 Å². The van der Waals surface area contributed by atoms with Gasteiger partial charge in [0.2, 0.25) is 5.88 Å². The van der Waals surface area contributed by atoms with Crippen molar-refractivity contribution in [2.75, 3.05) is 32.1 Å². The highest BCUT2D eigenvalue weighted by Crippen LogP contribution is 2.42. The van der Waals surface area contributed by atoms with Crippen molar-refractivity contribution in [3.63, 3.8) is 0 Å². The Kier molecular flexibility index (Phi) is 7.00. The molecule has 2 heterocycles. The van der Waals surface area contributed by atoms with Gasteiger partial charge in [-0.25, -0.2) is 0 Å². The molecule has 2 atom stereocenters. The maximum Gasteiger partial charge on any atom is 0.205 e. The fourth-order valence-electron chi connectivity index (χ4n) is 4.37. The second-order valence-electron chi connectivity index (χ2n) is 7.95. The second kappa shape index (κ2) is 9.91. The molecule has 0 saturated carbocycles. The van der Waals surface area contributed by atoms with Crippen molar-refractivity contribution in [3.05, 3.63) is 88.0 Å². The molecule has 32 heavy (non-hydrogen) atoms. The SMILES string of the molecule is CC[NH+]1CC2=C(OC(N)=C(C#N)[C@H]2c2ccc(SC)cc2)/C(=C\c2ccc(SC)cc2)C1. The number of quaternary nitrogens is 1. The summed E-state index contributed by atoms with van der Waals surface area (Å²) in [6, 6.07) is 19.3. The predicted octanol–water partition coefficient (Wildman–Crippen LogP) is 4.19. The summed E-state index contributed by atoms with van der Waals surface area (Å²) in [7, 11) is 0. The highest BCUT2D eigenvalue weighted by molar-refractivity contribution is 7.98. The maximum absolute atomic E-state index is 9.94. The quantitative estimate of drug-likeness (QED) is 0.653. The molecule has 1 unspecified atom stereocenters. The van der Waals surface area contributed by atoms with E-state index in [1.807, 2.05) is 0 Å². The number of ether oxygens (including phenoxy) is 1. The molecule has 0 amide bonds. The third kappa shape index (κ3) is 4.47. The van der Waals surface area contributed by atoms with Crippen LogP contribution >= 0.6 is 23.5 Å². The minimum atomic E-state index is -0.177. The molecule has 164 valence electrons. The summed E-state index contributed by atoms with van der Waals surface area (Å²) in [5.74, 6) is 0.879. The van der Waals surface area contributed by atoms with Crippen LogP contribution in [0.1, 0.15) is 24.0 Å². The molecule has 2 aliphatic heterocycles. The molecule has 0 spiro atoms. The standard InChI is InChI=1S/C26H27N3OS2/c1-4-29-15-19(13-17-5-9-20(31-2)10-6-17)25-23(16-29)24(22(14-27)26(28)30-25)18-7-11-21(32-3)12-8-18/h5-13,24H,4,15-16,28H2,1-3H3/p+1/b19-13-/t24-/m1/s1. The van der Waals surface area contributed by atoms with Crippen molar-refractivity contribution in [2.24, 2.45) is 5.73 Å². The highest BCUT2D eigenvalue weighted by atomic mass is 32.2. The fourth-order valence-corrected chi connectivity index (χ4v) is 5.18. The van der Waals surface area contributed by atoms with Crippen LogP contribution in [0.4, 0.5) is 0 Å². The number of thioether (sulfide) groups is 2. The minimum absolute atomic E-state index is 0.177. The van der Waals surface area contributed by atoms with Crippen LogP contribution in [0.5, 0.6) is 0 Å². The molecule has 2 aliphatic rings. The summed E-state index contributed by atoms with van der Waals surface area (Å²) < 4.78 is 6.14. The zero-order valence-electron chi connectivity index (χ0n) is 18.6. The smallest absolute Gasteiger partial charge is 0.205 e. The molecule has 2 aromatic rings. The van der Waals surface area contributed by atoms with Gasteiger partial charge in [-0.1, -0.05) is 24.3 Å². The Morgan fingerprint density at radius 2 is 1.69 bits per heavy atom. The number of allylic oxidation sites excluding steroid dienone is 1. The largest absolute Gasteiger partial charge is 0.440 e. The van der Waals surface area contributed by atoms with Crippen molar-refractivity contribution in [2.45, 2.75) is 22.6 Å². The highest BCUT2D eigenvalue weighted by Gasteiger charge is 2.39. The van der Waals surface area contributed by atoms with E-state index in [-0.39, 0.29) is 11.8 Å². The molecule has 3 N–H and O–H groups in total. The van der Waals surface area contributed by atoms with Crippen LogP contribution in [0.2, 0.25) is 0 Å². The lowest BCUT2D eigenvalue weighted by molar-refractivity contribution is -0.890. The lowest BCUT2D eigenvalue weighted by Crippen LogP contribution is -3.12. The zero-order valence-corrected chi connectivity index (χ0v) is 20.3. The Hall–Kier alpha value is -2.59. The third-order valence-electron chi connectivity index (χ3n) is 6.11. The third-order valence-corrected chi connectivity index (χ3v) is 7.59. The van der Waals surface area contributed by atoms with Gasteiger partial charge in [0, 0.05) is 20.9 Å². The van der Waals surface area contributed by atoms with Gasteiger partial charge in [-0.15, -0.1) is 23.5 Å². The second-order valence-corrected chi connectivity index (χ2v) is 9.71. The van der Waals surface area contributed by atoms with Crippen molar-refractivity contribution in [3.8, 4) is 6.07 Å². The molecule has 0 bridgehead atoms. The number of likely N-dealkylation sites (N-methyl/N-ethyl adjacent to an activating group) is 1. The van der Waals surface area contributed by atoms with Gasteiger partial charge in [-0.2, -0.15) is 5.26 Å². The van der Waals surface area contributed by atoms with E-state index >= 15 is 0 Å². The van der Waals surface area contributed by atoms with E-state index in [1.54, 1.807) is 23.5 Å². The summed E-state index contributed by atoms with van der Waals surface area (Å²) in [5.41, 5.74) is 11.3. The minimum Gasteiger partial charge on any atom is -0.440 e. The van der Waals surface area contributed by atoms with Crippen LogP contribution in [0.3, 0.4) is 0 Å². The topological polar surface area (TPSA) is 63.5 Å². The molecule has 4 rings (SSSR count). The van der Waals surface area contributed by atoms with Gasteiger partial charge >= 0.3 is 0 Å². The number of rotatable bonds is 5. The van der Waals surface area contributed by atoms with Crippen LogP contribution in [0.15, 0.2) is 86.7 Å². The van der Waals surface area contributed by atoms with E-state index in [4.69, 9.17) is 10.5 Å². The maximum atomic E-state index is 9.94. The van der Waals surface area contributed by atoms with Gasteiger partial charge in [0.25, 0.3) is 0 Å². The average molecular weight is 463 g/mol. The van der Waals surface area contributed by atoms with E-state index in [0.717, 1.165) is 47.7 Å². The van der Waals surface area contributed by atoms with Gasteiger partial charge in [0.1, 0.15) is 30.5 Å². The average Bonchev–Trinajstić information content (AvgIpc) is 2.84. The van der Waals surface area contributed by atoms with E-state index in [9.17, 15) is 5.26 Å². The predicted molar refractivity (Wildman–Crippen MR) is 133 cm³/mol. The van der Waals surface area contributed by atoms with E-state index in [0.29, 0.717) is 5.57 Å². The first-order valence-electron chi connectivity index (χ1n) is 10.7. The summed E-state index contributed by atoms with van der Waals surface area (Å²) in [6.07, 6.45) is 6.35. The van der Waals surface area contributed by atoms with Crippen molar-refractivity contribution in [1.82, 2.24) is 0 Å². The number of hydrogen-bond donors (Lipinski definition) is 2. The number of benzene rings is 2. The first kappa shape index (κ1) is 22.6. The fraction of sp³-hybridized carbons (Fsp3) is 0.269. The van der Waals surface area contributed by atoms with Gasteiger partial charge in [0.15, 0.2) is 0 Å². The summed E-state index contributed by atoms with van der Waals surface area (Å²) in [6.45, 7) is 4.90. The van der Waals surface area contributed by atoms with Crippen LogP contribution in [0.25, 0.3) is 6.08 Å². The van der Waals surface area contributed by atoms with E-state index in [2.05, 4.69) is 80.1 Å². The molecule has 6 heteroatoms. The molecule has 0 saturated heterocycles. The summed E-state index contributed by atoms with van der Waals surface area (Å²) in [5, 5.41) is 9.94. The first-order chi connectivity index (χ1) is 15.6.